The standard InChI is InChI=1S/C13H20N2O3/c1-6-13(8(2)3)12(17)14-10(15-13)7-9(4)11(16)18-5/h7-8H,6H2,1-5H3,(H,14,15,17). The lowest BCUT2D eigenvalue weighted by Crippen LogP contribution is -2.43. The summed E-state index contributed by atoms with van der Waals surface area (Å²) in [6.45, 7) is 7.49. The minimum absolute atomic E-state index is 0.104. The van der Waals surface area contributed by atoms with Crippen LogP contribution in [0.1, 0.15) is 34.1 Å². The number of nitrogens with one attached hydrogen (secondary N) is 1. The highest BCUT2D eigenvalue weighted by Crippen LogP contribution is 2.29. The molecule has 1 aliphatic heterocycles. The van der Waals surface area contributed by atoms with Crippen LogP contribution in [0, 0.1) is 5.92 Å². The maximum absolute atomic E-state index is 12.0. The minimum Gasteiger partial charge on any atom is -0.466 e. The molecule has 0 aromatic rings. The third-order valence-corrected chi connectivity index (χ3v) is 3.31. The van der Waals surface area contributed by atoms with E-state index in [1.165, 1.54) is 7.11 Å². The molecule has 1 unspecified atom stereocenters. The van der Waals surface area contributed by atoms with Gasteiger partial charge in [-0.25, -0.2) is 4.79 Å². The lowest BCUT2D eigenvalue weighted by molar-refractivity contribution is -0.136. The second-order valence-electron chi connectivity index (χ2n) is 4.70. The zero-order valence-electron chi connectivity index (χ0n) is 11.5. The number of hydrogen-bond acceptors (Lipinski definition) is 4. The molecule has 0 aliphatic carbocycles. The van der Waals surface area contributed by atoms with Crippen molar-refractivity contribution in [3.05, 3.63) is 11.6 Å². The van der Waals surface area contributed by atoms with Crippen molar-refractivity contribution >= 4 is 17.7 Å². The number of hydrogen-bond donors (Lipinski definition) is 1. The fourth-order valence-corrected chi connectivity index (χ4v) is 2.05. The predicted molar refractivity (Wildman–Crippen MR) is 69.2 cm³/mol. The fraction of sp³-hybridized carbons (Fsp3) is 0.615. The average molecular weight is 252 g/mol. The normalized spacial score (nSPS) is 24.0. The smallest absolute Gasteiger partial charge is 0.333 e. The molecule has 0 spiro atoms. The van der Waals surface area contributed by atoms with Crippen LogP contribution in [0.2, 0.25) is 0 Å². The SMILES string of the molecule is CCC1(C(C)C)N=C(C=C(C)C(=O)OC)NC1=O. The van der Waals surface area contributed by atoms with Crippen LogP contribution in [0.3, 0.4) is 0 Å². The highest BCUT2D eigenvalue weighted by atomic mass is 16.5. The van der Waals surface area contributed by atoms with E-state index >= 15 is 0 Å². The Morgan fingerprint density at radius 2 is 2.17 bits per heavy atom. The second-order valence-corrected chi connectivity index (χ2v) is 4.70. The van der Waals surface area contributed by atoms with E-state index in [9.17, 15) is 9.59 Å². The summed E-state index contributed by atoms with van der Waals surface area (Å²) in [5.74, 6) is -0.000284. The number of aliphatic imine (C=N–C) groups is 1. The van der Waals surface area contributed by atoms with Gasteiger partial charge in [-0.05, 0) is 25.3 Å². The molecule has 5 heteroatoms. The Hall–Kier alpha value is -1.65. The van der Waals surface area contributed by atoms with E-state index in [4.69, 9.17) is 0 Å². The van der Waals surface area contributed by atoms with Gasteiger partial charge in [0, 0.05) is 5.57 Å². The number of methoxy groups -OCH3 is 1. The molecule has 0 bridgehead atoms. The lowest BCUT2D eigenvalue weighted by Gasteiger charge is -2.25. The third kappa shape index (κ3) is 2.44. The number of esters is 1. The number of amides is 1. The molecule has 0 fully saturated rings. The molecular weight excluding hydrogens is 232 g/mol. The first kappa shape index (κ1) is 14.4. The summed E-state index contributed by atoms with van der Waals surface area (Å²) in [7, 11) is 1.32. The van der Waals surface area contributed by atoms with Crippen molar-refractivity contribution in [2.24, 2.45) is 10.9 Å². The second kappa shape index (κ2) is 5.33. The molecular formula is C13H20N2O3. The number of amidine groups is 1. The molecule has 5 nitrogen and oxygen atoms in total. The number of carbonyl (C=O) groups is 2. The number of nitrogens with zero attached hydrogens (tertiary/aromatic N) is 1. The molecule has 18 heavy (non-hydrogen) atoms. The van der Waals surface area contributed by atoms with E-state index in [-0.39, 0.29) is 11.8 Å². The van der Waals surface area contributed by atoms with Crippen molar-refractivity contribution in [1.29, 1.82) is 0 Å². The van der Waals surface area contributed by atoms with Crippen LogP contribution in [0.15, 0.2) is 16.6 Å². The Morgan fingerprint density at radius 1 is 1.56 bits per heavy atom. The van der Waals surface area contributed by atoms with Gasteiger partial charge in [0.15, 0.2) is 0 Å². The van der Waals surface area contributed by atoms with Gasteiger partial charge in [-0.3, -0.25) is 9.79 Å². The topological polar surface area (TPSA) is 67.8 Å². The van der Waals surface area contributed by atoms with E-state index in [1.807, 2.05) is 20.8 Å². The van der Waals surface area contributed by atoms with Gasteiger partial charge >= 0.3 is 5.97 Å². The number of ether oxygens (including phenoxy) is 1. The van der Waals surface area contributed by atoms with E-state index < -0.39 is 11.5 Å². The van der Waals surface area contributed by atoms with Crippen molar-refractivity contribution < 1.29 is 14.3 Å². The number of carbonyl (C=O) groups excluding carboxylic acids is 2. The molecule has 0 saturated heterocycles. The van der Waals surface area contributed by atoms with Gasteiger partial charge in [-0.1, -0.05) is 20.8 Å². The van der Waals surface area contributed by atoms with Crippen LogP contribution in [0.4, 0.5) is 0 Å². The van der Waals surface area contributed by atoms with Crippen LogP contribution in [-0.2, 0) is 14.3 Å². The monoisotopic (exact) mass is 252 g/mol. The first-order valence-corrected chi connectivity index (χ1v) is 6.05. The fourth-order valence-electron chi connectivity index (χ4n) is 2.05. The molecule has 0 saturated carbocycles. The van der Waals surface area contributed by atoms with Crippen molar-refractivity contribution in [2.45, 2.75) is 39.7 Å². The van der Waals surface area contributed by atoms with Crippen LogP contribution in [0.5, 0.6) is 0 Å². The first-order valence-electron chi connectivity index (χ1n) is 6.05. The summed E-state index contributed by atoms with van der Waals surface area (Å²) in [4.78, 5) is 27.8. The molecule has 1 amide bonds. The molecule has 1 atom stereocenters. The molecule has 1 aliphatic rings. The van der Waals surface area contributed by atoms with Crippen LogP contribution >= 0.6 is 0 Å². The highest BCUT2D eigenvalue weighted by Gasteiger charge is 2.44. The molecule has 0 aromatic carbocycles. The Kier molecular flexibility index (Phi) is 4.27. The summed E-state index contributed by atoms with van der Waals surface area (Å²) in [5, 5.41) is 2.71. The van der Waals surface area contributed by atoms with E-state index in [2.05, 4.69) is 15.0 Å². The molecule has 0 aromatic heterocycles. The van der Waals surface area contributed by atoms with Crippen LogP contribution in [0.25, 0.3) is 0 Å². The van der Waals surface area contributed by atoms with Crippen molar-refractivity contribution in [2.75, 3.05) is 7.11 Å². The molecule has 1 rings (SSSR count). The van der Waals surface area contributed by atoms with Gasteiger partial charge in [0.05, 0.1) is 7.11 Å². The summed E-state index contributed by atoms with van der Waals surface area (Å²) in [6, 6.07) is 0. The average Bonchev–Trinajstić information content (AvgIpc) is 2.65. The number of rotatable bonds is 4. The van der Waals surface area contributed by atoms with Crippen LogP contribution < -0.4 is 5.32 Å². The largest absolute Gasteiger partial charge is 0.466 e. The van der Waals surface area contributed by atoms with Gasteiger partial charge in [-0.15, -0.1) is 0 Å². The molecule has 100 valence electrons. The Morgan fingerprint density at radius 3 is 2.56 bits per heavy atom. The molecule has 0 radical (unpaired) electrons. The quantitative estimate of drug-likeness (QED) is 0.608. The van der Waals surface area contributed by atoms with E-state index in [0.717, 1.165) is 0 Å². The van der Waals surface area contributed by atoms with Gasteiger partial charge < -0.3 is 10.1 Å². The van der Waals surface area contributed by atoms with Crippen LogP contribution in [-0.4, -0.2) is 30.4 Å². The lowest BCUT2D eigenvalue weighted by atomic mass is 9.84. The Balaban J connectivity index is 3.05. The van der Waals surface area contributed by atoms with Crippen molar-refractivity contribution in [3.63, 3.8) is 0 Å². The summed E-state index contributed by atoms with van der Waals surface area (Å²) < 4.78 is 4.60. The van der Waals surface area contributed by atoms with Gasteiger partial charge in [0.25, 0.3) is 5.91 Å². The van der Waals surface area contributed by atoms with Crippen molar-refractivity contribution in [1.82, 2.24) is 5.32 Å². The summed E-state index contributed by atoms with van der Waals surface area (Å²) >= 11 is 0. The highest BCUT2D eigenvalue weighted by molar-refractivity contribution is 6.14. The Bertz CT molecular complexity index is 424. The summed E-state index contributed by atoms with van der Waals surface area (Å²) in [6.07, 6.45) is 2.18. The molecule has 1 N–H and O–H groups in total. The van der Waals surface area contributed by atoms with Gasteiger partial charge in [0.1, 0.15) is 11.4 Å². The minimum atomic E-state index is -0.720. The first-order chi connectivity index (χ1) is 8.37. The van der Waals surface area contributed by atoms with E-state index in [0.29, 0.717) is 17.8 Å². The molecule has 1 heterocycles. The predicted octanol–water partition coefficient (Wildman–Crippen LogP) is 1.44. The zero-order chi connectivity index (χ0) is 13.9. The third-order valence-electron chi connectivity index (χ3n) is 3.31. The van der Waals surface area contributed by atoms with Crippen molar-refractivity contribution in [3.8, 4) is 0 Å². The maximum Gasteiger partial charge on any atom is 0.333 e. The summed E-state index contributed by atoms with van der Waals surface area (Å²) in [5.41, 5.74) is -0.311. The zero-order valence-corrected chi connectivity index (χ0v) is 11.5. The van der Waals surface area contributed by atoms with E-state index in [1.54, 1.807) is 13.0 Å². The van der Waals surface area contributed by atoms with Gasteiger partial charge in [-0.2, -0.15) is 0 Å². The van der Waals surface area contributed by atoms with Gasteiger partial charge in [0.2, 0.25) is 0 Å². The maximum atomic E-state index is 12.0. The Labute approximate surface area is 107 Å².